The lowest BCUT2D eigenvalue weighted by atomic mass is 9.94. The number of carbonyl (C=O) groups excluding carboxylic acids is 1. The monoisotopic (exact) mass is 274 g/mol. The molecule has 106 valence electrons. The molecule has 2 N–H and O–H groups in total. The molecule has 1 aromatic rings. The van der Waals surface area contributed by atoms with Gasteiger partial charge in [0, 0.05) is 24.6 Å². The highest BCUT2D eigenvalue weighted by atomic mass is 16.5. The summed E-state index contributed by atoms with van der Waals surface area (Å²) in [5.74, 6) is 5.09. The van der Waals surface area contributed by atoms with Crippen LogP contribution in [0, 0.1) is 11.8 Å². The van der Waals surface area contributed by atoms with Crippen LogP contribution in [0.15, 0.2) is 18.5 Å². The highest BCUT2D eigenvalue weighted by Crippen LogP contribution is 2.19. The van der Waals surface area contributed by atoms with E-state index in [1.54, 1.807) is 12.3 Å². The maximum Gasteiger partial charge on any atom is 0.253 e. The number of hydrogen-bond acceptors (Lipinski definition) is 4. The summed E-state index contributed by atoms with van der Waals surface area (Å²) in [6.07, 6.45) is 4.91. The van der Waals surface area contributed by atoms with E-state index in [9.17, 15) is 4.79 Å². The molecule has 20 heavy (non-hydrogen) atoms. The summed E-state index contributed by atoms with van der Waals surface area (Å²) in [5.41, 5.74) is 0.737. The van der Waals surface area contributed by atoms with Crippen molar-refractivity contribution in [1.82, 2.24) is 10.3 Å². The van der Waals surface area contributed by atoms with Gasteiger partial charge in [0.25, 0.3) is 5.91 Å². The van der Waals surface area contributed by atoms with Crippen molar-refractivity contribution in [3.8, 4) is 11.8 Å². The SMILES string of the molecule is CC1(NC(=O)c2cncc(C#CCO)c2)CCCOC1. The van der Waals surface area contributed by atoms with Crippen molar-refractivity contribution in [3.63, 3.8) is 0 Å². The van der Waals surface area contributed by atoms with Crippen LogP contribution in [0.2, 0.25) is 0 Å². The molecule has 1 unspecified atom stereocenters. The first-order valence-corrected chi connectivity index (χ1v) is 6.58. The topological polar surface area (TPSA) is 71.5 Å². The molecule has 1 atom stereocenters. The number of hydrogen-bond donors (Lipinski definition) is 2. The third kappa shape index (κ3) is 3.80. The van der Waals surface area contributed by atoms with Crippen molar-refractivity contribution in [2.24, 2.45) is 0 Å². The Balaban J connectivity index is 2.08. The Labute approximate surface area is 118 Å². The van der Waals surface area contributed by atoms with Gasteiger partial charge in [-0.2, -0.15) is 0 Å². The van der Waals surface area contributed by atoms with E-state index in [0.29, 0.717) is 17.7 Å². The molecule has 5 nitrogen and oxygen atoms in total. The van der Waals surface area contributed by atoms with E-state index in [1.165, 1.54) is 6.20 Å². The predicted molar refractivity (Wildman–Crippen MR) is 74.1 cm³/mol. The molecular weight excluding hydrogens is 256 g/mol. The van der Waals surface area contributed by atoms with E-state index in [0.717, 1.165) is 19.4 Å². The molecule has 1 aliphatic heterocycles. The highest BCUT2D eigenvalue weighted by molar-refractivity contribution is 5.94. The number of ether oxygens (including phenoxy) is 1. The fourth-order valence-electron chi connectivity index (χ4n) is 2.15. The molecule has 2 heterocycles. The molecule has 0 radical (unpaired) electrons. The quantitative estimate of drug-likeness (QED) is 0.780. The highest BCUT2D eigenvalue weighted by Gasteiger charge is 2.29. The molecule has 5 heteroatoms. The Morgan fingerprint density at radius 2 is 2.45 bits per heavy atom. The second-order valence-electron chi connectivity index (χ2n) is 5.09. The minimum atomic E-state index is -0.331. The number of nitrogens with one attached hydrogen (secondary N) is 1. The molecule has 1 fully saturated rings. The van der Waals surface area contributed by atoms with Crippen LogP contribution in [-0.4, -0.2) is 41.4 Å². The third-order valence-corrected chi connectivity index (χ3v) is 3.17. The van der Waals surface area contributed by atoms with Gasteiger partial charge < -0.3 is 15.2 Å². The summed E-state index contributed by atoms with van der Waals surface area (Å²) in [7, 11) is 0. The number of carbonyl (C=O) groups is 1. The lowest BCUT2D eigenvalue weighted by Gasteiger charge is -2.34. The Bertz CT molecular complexity index is 540. The molecule has 0 aromatic carbocycles. The van der Waals surface area contributed by atoms with Crippen LogP contribution in [-0.2, 0) is 4.74 Å². The van der Waals surface area contributed by atoms with Crippen LogP contribution in [0.3, 0.4) is 0 Å². The lowest BCUT2D eigenvalue weighted by molar-refractivity contribution is 0.0272. The van der Waals surface area contributed by atoms with E-state index in [1.807, 2.05) is 6.92 Å². The van der Waals surface area contributed by atoms with Crippen LogP contribution in [0.4, 0.5) is 0 Å². The van der Waals surface area contributed by atoms with Gasteiger partial charge in [-0.05, 0) is 25.8 Å². The van der Waals surface area contributed by atoms with Gasteiger partial charge in [-0.3, -0.25) is 9.78 Å². The Hall–Kier alpha value is -1.90. The zero-order valence-corrected chi connectivity index (χ0v) is 11.5. The van der Waals surface area contributed by atoms with Gasteiger partial charge in [0.05, 0.1) is 17.7 Å². The Morgan fingerprint density at radius 1 is 1.60 bits per heavy atom. The second kappa shape index (κ2) is 6.51. The summed E-state index contributed by atoms with van der Waals surface area (Å²) in [5, 5.41) is 11.7. The van der Waals surface area contributed by atoms with E-state index >= 15 is 0 Å². The fraction of sp³-hybridized carbons (Fsp3) is 0.467. The van der Waals surface area contributed by atoms with Gasteiger partial charge in [0.2, 0.25) is 0 Å². The molecule has 0 saturated carbocycles. The van der Waals surface area contributed by atoms with Crippen LogP contribution in [0.1, 0.15) is 35.7 Å². The third-order valence-electron chi connectivity index (χ3n) is 3.17. The van der Waals surface area contributed by atoms with Crippen molar-refractivity contribution in [3.05, 3.63) is 29.6 Å². The molecule has 0 aliphatic carbocycles. The zero-order chi connectivity index (χ0) is 14.4. The first kappa shape index (κ1) is 14.5. The number of aromatic nitrogens is 1. The lowest BCUT2D eigenvalue weighted by Crippen LogP contribution is -2.51. The molecule has 1 aliphatic rings. The summed E-state index contributed by atoms with van der Waals surface area (Å²) < 4.78 is 5.42. The van der Waals surface area contributed by atoms with Crippen LogP contribution < -0.4 is 5.32 Å². The van der Waals surface area contributed by atoms with E-state index in [4.69, 9.17) is 9.84 Å². The summed E-state index contributed by atoms with van der Waals surface area (Å²) in [4.78, 5) is 16.2. The number of aliphatic hydroxyl groups is 1. The van der Waals surface area contributed by atoms with Gasteiger partial charge in [-0.15, -0.1) is 0 Å². The fourth-order valence-corrected chi connectivity index (χ4v) is 2.15. The second-order valence-corrected chi connectivity index (χ2v) is 5.09. The standard InChI is InChI=1S/C15H18N2O3/c1-15(5-3-7-20-11-15)17-14(19)13-8-12(4-2-6-18)9-16-10-13/h8-10,18H,3,5-7,11H2,1H3,(H,17,19). The average molecular weight is 274 g/mol. The van der Waals surface area contributed by atoms with Crippen LogP contribution in [0.25, 0.3) is 0 Å². The maximum absolute atomic E-state index is 12.2. The minimum absolute atomic E-state index is 0.182. The predicted octanol–water partition coefficient (Wildman–Crippen LogP) is 0.724. The van der Waals surface area contributed by atoms with Gasteiger partial charge in [0.1, 0.15) is 6.61 Å². The van der Waals surface area contributed by atoms with Crippen LogP contribution >= 0.6 is 0 Å². The Morgan fingerprint density at radius 3 is 3.15 bits per heavy atom. The Kier molecular flexibility index (Phi) is 4.72. The molecule has 0 bridgehead atoms. The zero-order valence-electron chi connectivity index (χ0n) is 11.5. The normalized spacial score (nSPS) is 21.7. The number of nitrogens with zero attached hydrogens (tertiary/aromatic N) is 1. The van der Waals surface area contributed by atoms with E-state index in [2.05, 4.69) is 22.1 Å². The van der Waals surface area contributed by atoms with Crippen molar-refractivity contribution >= 4 is 5.91 Å². The van der Waals surface area contributed by atoms with Gasteiger partial charge in [0.15, 0.2) is 0 Å². The van der Waals surface area contributed by atoms with Crippen molar-refractivity contribution in [2.75, 3.05) is 19.8 Å². The molecule has 0 spiro atoms. The average Bonchev–Trinajstić information content (AvgIpc) is 2.45. The number of amides is 1. The van der Waals surface area contributed by atoms with E-state index in [-0.39, 0.29) is 18.1 Å². The number of rotatable bonds is 2. The molecular formula is C15H18N2O3. The van der Waals surface area contributed by atoms with Gasteiger partial charge >= 0.3 is 0 Å². The maximum atomic E-state index is 12.2. The minimum Gasteiger partial charge on any atom is -0.384 e. The summed E-state index contributed by atoms with van der Waals surface area (Å²) >= 11 is 0. The molecule has 1 amide bonds. The molecule has 1 saturated heterocycles. The van der Waals surface area contributed by atoms with Crippen LogP contribution in [0.5, 0.6) is 0 Å². The van der Waals surface area contributed by atoms with Crippen molar-refractivity contribution < 1.29 is 14.6 Å². The van der Waals surface area contributed by atoms with E-state index < -0.39 is 0 Å². The summed E-state index contributed by atoms with van der Waals surface area (Å²) in [6, 6.07) is 1.66. The number of pyridine rings is 1. The first-order valence-electron chi connectivity index (χ1n) is 6.58. The van der Waals surface area contributed by atoms with Gasteiger partial charge in [-0.25, -0.2) is 0 Å². The van der Waals surface area contributed by atoms with Crippen molar-refractivity contribution in [2.45, 2.75) is 25.3 Å². The molecule has 1 aromatic heterocycles. The molecule has 2 rings (SSSR count). The largest absolute Gasteiger partial charge is 0.384 e. The first-order chi connectivity index (χ1) is 9.63. The smallest absolute Gasteiger partial charge is 0.253 e. The van der Waals surface area contributed by atoms with Gasteiger partial charge in [-0.1, -0.05) is 11.8 Å². The number of aliphatic hydroxyl groups excluding tert-OH is 1. The van der Waals surface area contributed by atoms with Crippen molar-refractivity contribution in [1.29, 1.82) is 0 Å². The summed E-state index contributed by atoms with van der Waals surface area (Å²) in [6.45, 7) is 3.04.